The number of phenols is 1. The van der Waals surface area contributed by atoms with Gasteiger partial charge in [-0.15, -0.1) is 0 Å². The first-order valence-electron chi connectivity index (χ1n) is 7.39. The Morgan fingerprint density at radius 3 is 2.43 bits per heavy atom. The van der Waals surface area contributed by atoms with E-state index in [-0.39, 0.29) is 18.2 Å². The highest BCUT2D eigenvalue weighted by molar-refractivity contribution is 5.71. The molecule has 0 aliphatic carbocycles. The van der Waals surface area contributed by atoms with Crippen LogP contribution < -0.4 is 4.90 Å². The van der Waals surface area contributed by atoms with Crippen molar-refractivity contribution in [3.63, 3.8) is 0 Å². The molecule has 3 saturated heterocycles. The Morgan fingerprint density at radius 2 is 1.86 bits per heavy atom. The van der Waals surface area contributed by atoms with Crippen LogP contribution in [0.1, 0.15) is 27.2 Å². The van der Waals surface area contributed by atoms with Gasteiger partial charge in [0.25, 0.3) is 0 Å². The molecule has 3 heterocycles. The molecule has 4 rings (SSSR count). The molecule has 0 aromatic heterocycles. The monoisotopic (exact) mass is 290 g/mol. The zero-order valence-corrected chi connectivity index (χ0v) is 12.7. The number of nitrogens with zero attached hydrogens (tertiary/aromatic N) is 2. The molecule has 1 aromatic rings. The molecular formula is C16H22N2O3. The van der Waals surface area contributed by atoms with Gasteiger partial charge in [-0.05, 0) is 39.3 Å². The first-order valence-corrected chi connectivity index (χ1v) is 7.39. The SMILES string of the molecule is CC(C)(C)OC(=O)N1C2CC1CN(c1ccccc1O)C2. The number of carbonyl (C=O) groups is 1. The Kier molecular flexibility index (Phi) is 3.23. The standard InChI is InChI=1S/C16H22N2O3/c1-16(2,3)21-15(20)18-11-8-12(18)10-17(9-11)13-6-4-5-7-14(13)19/h4-7,11-12,19H,8-10H2,1-3H3. The van der Waals surface area contributed by atoms with Gasteiger partial charge in [0.1, 0.15) is 11.4 Å². The van der Waals surface area contributed by atoms with E-state index in [1.807, 2.05) is 43.9 Å². The van der Waals surface area contributed by atoms with Crippen LogP contribution in [0.2, 0.25) is 0 Å². The van der Waals surface area contributed by atoms with Gasteiger partial charge in [0, 0.05) is 13.1 Å². The van der Waals surface area contributed by atoms with Crippen molar-refractivity contribution >= 4 is 11.8 Å². The number of carbonyl (C=O) groups excluding carboxylic acids is 1. The third-order valence-corrected chi connectivity index (χ3v) is 4.02. The van der Waals surface area contributed by atoms with Crippen LogP contribution >= 0.6 is 0 Å². The van der Waals surface area contributed by atoms with Crippen LogP contribution in [0.4, 0.5) is 10.5 Å². The maximum Gasteiger partial charge on any atom is 0.410 e. The highest BCUT2D eigenvalue weighted by atomic mass is 16.6. The van der Waals surface area contributed by atoms with Crippen molar-refractivity contribution in [1.82, 2.24) is 4.90 Å². The molecule has 2 atom stereocenters. The number of fused-ring (bicyclic) bond motifs is 2. The summed E-state index contributed by atoms with van der Waals surface area (Å²) in [5.74, 6) is 0.294. The van der Waals surface area contributed by atoms with Crippen molar-refractivity contribution in [2.45, 2.75) is 44.9 Å². The molecule has 5 heteroatoms. The number of benzene rings is 1. The van der Waals surface area contributed by atoms with Crippen molar-refractivity contribution in [3.8, 4) is 5.75 Å². The fraction of sp³-hybridized carbons (Fsp3) is 0.562. The van der Waals surface area contributed by atoms with Gasteiger partial charge in [-0.25, -0.2) is 4.79 Å². The molecule has 1 N–H and O–H groups in total. The maximum absolute atomic E-state index is 12.2. The van der Waals surface area contributed by atoms with Gasteiger partial charge in [0.2, 0.25) is 0 Å². The molecule has 1 amide bonds. The second-order valence-corrected chi connectivity index (χ2v) is 6.82. The normalized spacial score (nSPS) is 24.5. The number of ether oxygens (including phenoxy) is 1. The van der Waals surface area contributed by atoms with E-state index in [4.69, 9.17) is 4.74 Å². The fourth-order valence-electron chi connectivity index (χ4n) is 3.15. The predicted octanol–water partition coefficient (Wildman–Crippen LogP) is 2.59. The van der Waals surface area contributed by atoms with Gasteiger partial charge in [0.15, 0.2) is 0 Å². The Morgan fingerprint density at radius 1 is 1.24 bits per heavy atom. The highest BCUT2D eigenvalue weighted by Crippen LogP contribution is 2.38. The van der Waals surface area contributed by atoms with Crippen LogP contribution in [-0.2, 0) is 4.74 Å². The zero-order valence-electron chi connectivity index (χ0n) is 12.7. The van der Waals surface area contributed by atoms with Crippen LogP contribution in [0, 0.1) is 0 Å². The lowest BCUT2D eigenvalue weighted by atomic mass is 9.87. The summed E-state index contributed by atoms with van der Waals surface area (Å²) in [6.07, 6.45) is 0.796. The molecule has 3 aliphatic rings. The predicted molar refractivity (Wildman–Crippen MR) is 80.6 cm³/mol. The number of para-hydroxylation sites is 2. The van der Waals surface area contributed by atoms with Gasteiger partial charge in [0.05, 0.1) is 17.8 Å². The Bertz CT molecular complexity index is 541. The Balaban J connectivity index is 1.68. The number of aromatic hydroxyl groups is 1. The number of amides is 1. The molecule has 21 heavy (non-hydrogen) atoms. The van der Waals surface area contributed by atoms with E-state index in [0.717, 1.165) is 25.2 Å². The largest absolute Gasteiger partial charge is 0.506 e. The molecular weight excluding hydrogens is 268 g/mol. The van der Waals surface area contributed by atoms with E-state index in [0.29, 0.717) is 5.75 Å². The van der Waals surface area contributed by atoms with Crippen molar-refractivity contribution in [2.24, 2.45) is 0 Å². The minimum atomic E-state index is -0.460. The summed E-state index contributed by atoms with van der Waals surface area (Å²) in [6, 6.07) is 7.70. The summed E-state index contributed by atoms with van der Waals surface area (Å²) < 4.78 is 5.46. The lowest BCUT2D eigenvalue weighted by Gasteiger charge is -2.56. The lowest BCUT2D eigenvalue weighted by Crippen LogP contribution is -2.70. The van der Waals surface area contributed by atoms with E-state index in [1.54, 1.807) is 6.07 Å². The average Bonchev–Trinajstić information content (AvgIpc) is 2.36. The van der Waals surface area contributed by atoms with E-state index < -0.39 is 5.60 Å². The maximum atomic E-state index is 12.2. The van der Waals surface area contributed by atoms with Crippen molar-refractivity contribution in [3.05, 3.63) is 24.3 Å². The summed E-state index contributed by atoms with van der Waals surface area (Å²) in [5.41, 5.74) is 0.384. The number of phenolic OH excluding ortho intramolecular Hbond substituents is 1. The third kappa shape index (κ3) is 2.64. The molecule has 2 unspecified atom stereocenters. The average molecular weight is 290 g/mol. The molecule has 0 spiro atoms. The number of anilines is 1. The molecule has 5 nitrogen and oxygen atoms in total. The van der Waals surface area contributed by atoms with E-state index in [2.05, 4.69) is 4.90 Å². The summed E-state index contributed by atoms with van der Waals surface area (Å²) in [7, 11) is 0. The number of piperazine rings is 1. The fourth-order valence-corrected chi connectivity index (χ4v) is 3.15. The molecule has 1 aromatic carbocycles. The molecule has 2 bridgehead atoms. The minimum Gasteiger partial charge on any atom is -0.506 e. The summed E-state index contributed by atoms with van der Waals surface area (Å²) in [6.45, 7) is 7.14. The quantitative estimate of drug-likeness (QED) is 0.863. The summed E-state index contributed by atoms with van der Waals surface area (Å²) in [4.78, 5) is 16.2. The van der Waals surface area contributed by atoms with E-state index in [9.17, 15) is 9.90 Å². The van der Waals surface area contributed by atoms with Gasteiger partial charge < -0.3 is 14.7 Å². The van der Waals surface area contributed by atoms with Gasteiger partial charge >= 0.3 is 6.09 Å². The van der Waals surface area contributed by atoms with Crippen LogP contribution in [0.3, 0.4) is 0 Å². The Hall–Kier alpha value is -1.91. The van der Waals surface area contributed by atoms with Gasteiger partial charge in [-0.2, -0.15) is 0 Å². The molecule has 0 saturated carbocycles. The topological polar surface area (TPSA) is 53.0 Å². The second-order valence-electron chi connectivity index (χ2n) is 6.82. The molecule has 114 valence electrons. The molecule has 0 radical (unpaired) electrons. The van der Waals surface area contributed by atoms with Crippen LogP contribution in [0.15, 0.2) is 24.3 Å². The van der Waals surface area contributed by atoms with Gasteiger partial charge in [-0.3, -0.25) is 4.90 Å². The smallest absolute Gasteiger partial charge is 0.410 e. The number of hydrogen-bond donors (Lipinski definition) is 1. The number of hydrogen-bond acceptors (Lipinski definition) is 4. The zero-order chi connectivity index (χ0) is 15.2. The van der Waals surface area contributed by atoms with Crippen molar-refractivity contribution < 1.29 is 14.6 Å². The summed E-state index contributed by atoms with van der Waals surface area (Å²) in [5, 5.41) is 9.94. The lowest BCUT2D eigenvalue weighted by molar-refractivity contribution is -0.0379. The second kappa shape index (κ2) is 4.83. The molecule has 3 aliphatic heterocycles. The first kappa shape index (κ1) is 14.0. The number of piperidine rings is 1. The first-order chi connectivity index (χ1) is 9.85. The third-order valence-electron chi connectivity index (χ3n) is 4.02. The summed E-state index contributed by atoms with van der Waals surface area (Å²) >= 11 is 0. The van der Waals surface area contributed by atoms with Crippen LogP contribution in [0.25, 0.3) is 0 Å². The van der Waals surface area contributed by atoms with Crippen molar-refractivity contribution in [1.29, 1.82) is 0 Å². The minimum absolute atomic E-state index is 0.179. The van der Waals surface area contributed by atoms with Gasteiger partial charge in [-0.1, -0.05) is 12.1 Å². The highest BCUT2D eigenvalue weighted by Gasteiger charge is 2.49. The molecule has 3 fully saturated rings. The van der Waals surface area contributed by atoms with Crippen LogP contribution in [-0.4, -0.2) is 46.9 Å². The van der Waals surface area contributed by atoms with Crippen molar-refractivity contribution in [2.75, 3.05) is 18.0 Å². The van der Waals surface area contributed by atoms with Crippen LogP contribution in [0.5, 0.6) is 5.75 Å². The number of rotatable bonds is 1. The van der Waals surface area contributed by atoms with E-state index in [1.165, 1.54) is 0 Å². The Labute approximate surface area is 125 Å². The van der Waals surface area contributed by atoms with E-state index >= 15 is 0 Å².